The van der Waals surface area contributed by atoms with E-state index in [1.54, 1.807) is 12.1 Å². The van der Waals surface area contributed by atoms with Gasteiger partial charge in [-0.2, -0.15) is 5.26 Å². The number of rotatable bonds is 4. The van der Waals surface area contributed by atoms with Gasteiger partial charge in [0.15, 0.2) is 0 Å². The highest BCUT2D eigenvalue weighted by molar-refractivity contribution is 5.95. The summed E-state index contributed by atoms with van der Waals surface area (Å²) in [6.45, 7) is 6.27. The van der Waals surface area contributed by atoms with Crippen LogP contribution in [0.25, 0.3) is 16.9 Å². The Hall–Kier alpha value is -3.37. The minimum Gasteiger partial charge on any atom is -0.365 e. The van der Waals surface area contributed by atoms with Gasteiger partial charge in [0.1, 0.15) is 17.2 Å². The number of nitrogens with zero attached hydrogens (tertiary/aromatic N) is 3. The van der Waals surface area contributed by atoms with Gasteiger partial charge < -0.3 is 16.4 Å². The van der Waals surface area contributed by atoms with Gasteiger partial charge in [0.2, 0.25) is 0 Å². The maximum Gasteiger partial charge on any atom is 0.251 e. The van der Waals surface area contributed by atoms with Gasteiger partial charge in [-0.1, -0.05) is 12.1 Å². The fourth-order valence-corrected chi connectivity index (χ4v) is 4.10. The summed E-state index contributed by atoms with van der Waals surface area (Å²) in [7, 11) is 0. The summed E-state index contributed by atoms with van der Waals surface area (Å²) in [4.78, 5) is 17.7. The molecule has 0 saturated heterocycles. The third-order valence-electron chi connectivity index (χ3n) is 5.78. The van der Waals surface area contributed by atoms with Crippen molar-refractivity contribution in [2.75, 3.05) is 5.32 Å². The second-order valence-electron chi connectivity index (χ2n) is 9.60. The molecule has 32 heavy (non-hydrogen) atoms. The standard InChI is InChI=1S/C25H30N6O/c1-25(2,3)30-23-22(17-6-4-16(15-26)5-7-17)29-21-14-18(12-13-31(21)23)24(32)28-20-10-8-19(27)9-11-20/h4-7,12-14,19-20,30H,8-11,27H2,1-3H3,(H,28,32). The van der Waals surface area contributed by atoms with Gasteiger partial charge >= 0.3 is 0 Å². The van der Waals surface area contributed by atoms with Crippen molar-refractivity contribution >= 4 is 17.4 Å². The summed E-state index contributed by atoms with van der Waals surface area (Å²) < 4.78 is 1.97. The molecule has 7 heteroatoms. The quantitative estimate of drug-likeness (QED) is 0.578. The highest BCUT2D eigenvalue weighted by atomic mass is 16.1. The molecule has 1 aromatic carbocycles. The van der Waals surface area contributed by atoms with E-state index in [1.807, 2.05) is 34.9 Å². The Morgan fingerprint density at radius 1 is 1.16 bits per heavy atom. The summed E-state index contributed by atoms with van der Waals surface area (Å²) in [5, 5.41) is 15.8. The molecule has 0 bridgehead atoms. The lowest BCUT2D eigenvalue weighted by Crippen LogP contribution is -2.40. The fourth-order valence-electron chi connectivity index (χ4n) is 4.10. The number of imidazole rings is 1. The smallest absolute Gasteiger partial charge is 0.251 e. The van der Waals surface area contributed by atoms with Crippen molar-refractivity contribution in [3.05, 3.63) is 53.7 Å². The van der Waals surface area contributed by atoms with Crippen molar-refractivity contribution in [2.24, 2.45) is 5.73 Å². The van der Waals surface area contributed by atoms with E-state index >= 15 is 0 Å². The first kappa shape index (κ1) is 21.8. The van der Waals surface area contributed by atoms with E-state index in [0.717, 1.165) is 42.8 Å². The number of fused-ring (bicyclic) bond motifs is 1. The molecule has 4 rings (SSSR count). The average Bonchev–Trinajstić information content (AvgIpc) is 3.11. The molecule has 0 aliphatic heterocycles. The molecule has 7 nitrogen and oxygen atoms in total. The zero-order chi connectivity index (χ0) is 22.9. The molecular formula is C25H30N6O. The summed E-state index contributed by atoms with van der Waals surface area (Å²) in [6.07, 6.45) is 5.61. The van der Waals surface area contributed by atoms with Crippen molar-refractivity contribution in [3.8, 4) is 17.3 Å². The number of carbonyl (C=O) groups is 1. The number of carbonyl (C=O) groups excluding carboxylic acids is 1. The topological polar surface area (TPSA) is 108 Å². The Kier molecular flexibility index (Phi) is 5.90. The molecule has 4 N–H and O–H groups in total. The van der Waals surface area contributed by atoms with Crippen LogP contribution in [0.4, 0.5) is 5.82 Å². The molecule has 0 unspecified atom stereocenters. The van der Waals surface area contributed by atoms with Crippen LogP contribution in [0, 0.1) is 11.3 Å². The third-order valence-corrected chi connectivity index (χ3v) is 5.78. The Morgan fingerprint density at radius 3 is 2.47 bits per heavy atom. The van der Waals surface area contributed by atoms with Crippen molar-refractivity contribution in [1.82, 2.24) is 14.7 Å². The molecule has 0 atom stereocenters. The van der Waals surface area contributed by atoms with Crippen LogP contribution in [0.15, 0.2) is 42.6 Å². The first-order valence-corrected chi connectivity index (χ1v) is 11.1. The molecule has 2 aromatic heterocycles. The van der Waals surface area contributed by atoms with E-state index in [1.165, 1.54) is 0 Å². The highest BCUT2D eigenvalue weighted by Gasteiger charge is 2.23. The Labute approximate surface area is 188 Å². The number of hydrogen-bond donors (Lipinski definition) is 3. The maximum atomic E-state index is 12.9. The van der Waals surface area contributed by atoms with Gasteiger partial charge in [0, 0.05) is 34.9 Å². The van der Waals surface area contributed by atoms with Crippen LogP contribution in [0.5, 0.6) is 0 Å². The van der Waals surface area contributed by atoms with E-state index in [0.29, 0.717) is 16.8 Å². The molecule has 1 amide bonds. The van der Waals surface area contributed by atoms with Gasteiger partial charge in [0.25, 0.3) is 5.91 Å². The van der Waals surface area contributed by atoms with E-state index < -0.39 is 0 Å². The number of hydrogen-bond acceptors (Lipinski definition) is 5. The van der Waals surface area contributed by atoms with Crippen LogP contribution in [-0.2, 0) is 0 Å². The van der Waals surface area contributed by atoms with Crippen LogP contribution in [0.2, 0.25) is 0 Å². The molecule has 166 valence electrons. The lowest BCUT2D eigenvalue weighted by molar-refractivity contribution is 0.0926. The van der Waals surface area contributed by atoms with Crippen molar-refractivity contribution in [3.63, 3.8) is 0 Å². The van der Waals surface area contributed by atoms with Crippen molar-refractivity contribution in [1.29, 1.82) is 5.26 Å². The zero-order valence-corrected chi connectivity index (χ0v) is 18.9. The second kappa shape index (κ2) is 8.64. The lowest BCUT2D eigenvalue weighted by Gasteiger charge is -2.26. The van der Waals surface area contributed by atoms with E-state index in [9.17, 15) is 4.79 Å². The average molecular weight is 431 g/mol. The molecule has 1 aliphatic carbocycles. The van der Waals surface area contributed by atoms with Gasteiger partial charge in [0.05, 0.1) is 11.6 Å². The minimum atomic E-state index is -0.185. The van der Waals surface area contributed by atoms with Crippen LogP contribution in [0.1, 0.15) is 62.4 Å². The lowest BCUT2D eigenvalue weighted by atomic mass is 9.91. The number of benzene rings is 1. The third kappa shape index (κ3) is 4.76. The number of nitriles is 1. The predicted molar refractivity (Wildman–Crippen MR) is 126 cm³/mol. The number of nitrogens with one attached hydrogen (secondary N) is 2. The molecule has 0 radical (unpaired) electrons. The molecule has 1 saturated carbocycles. The summed E-state index contributed by atoms with van der Waals surface area (Å²) in [5.41, 5.74) is 9.36. The summed E-state index contributed by atoms with van der Waals surface area (Å²) in [5.74, 6) is 0.770. The SMILES string of the molecule is CC(C)(C)Nc1c(-c2ccc(C#N)cc2)nc2cc(C(=O)NC3CCC(N)CC3)ccn12. The molecular weight excluding hydrogens is 400 g/mol. The largest absolute Gasteiger partial charge is 0.365 e. The minimum absolute atomic E-state index is 0.0822. The normalized spacial score (nSPS) is 18.8. The van der Waals surface area contributed by atoms with Crippen LogP contribution in [-0.4, -0.2) is 32.9 Å². The van der Waals surface area contributed by atoms with Gasteiger partial charge in [-0.3, -0.25) is 9.20 Å². The predicted octanol–water partition coefficient (Wildman–Crippen LogP) is 4.08. The Balaban J connectivity index is 1.68. The van der Waals surface area contributed by atoms with Crippen molar-refractivity contribution in [2.45, 2.75) is 64.1 Å². The monoisotopic (exact) mass is 430 g/mol. The second-order valence-corrected chi connectivity index (χ2v) is 9.60. The number of aromatic nitrogens is 2. The number of anilines is 1. The van der Waals surface area contributed by atoms with Crippen molar-refractivity contribution < 1.29 is 4.79 Å². The van der Waals surface area contributed by atoms with Crippen LogP contribution in [0.3, 0.4) is 0 Å². The highest BCUT2D eigenvalue weighted by Crippen LogP contribution is 2.31. The molecule has 3 aromatic rings. The Morgan fingerprint density at radius 2 is 1.84 bits per heavy atom. The first-order valence-electron chi connectivity index (χ1n) is 11.1. The van der Waals surface area contributed by atoms with Crippen LogP contribution >= 0.6 is 0 Å². The van der Waals surface area contributed by atoms with E-state index in [-0.39, 0.29) is 23.5 Å². The maximum absolute atomic E-state index is 12.9. The molecule has 1 fully saturated rings. The number of amides is 1. The summed E-state index contributed by atoms with van der Waals surface area (Å²) in [6, 6.07) is 13.6. The van der Waals surface area contributed by atoms with Gasteiger partial charge in [-0.05, 0) is 70.7 Å². The van der Waals surface area contributed by atoms with E-state index in [4.69, 9.17) is 16.0 Å². The molecule has 1 aliphatic rings. The van der Waals surface area contributed by atoms with Gasteiger partial charge in [-0.15, -0.1) is 0 Å². The number of pyridine rings is 1. The fraction of sp³-hybridized carbons (Fsp3) is 0.400. The molecule has 0 spiro atoms. The number of nitrogens with two attached hydrogens (primary N) is 1. The van der Waals surface area contributed by atoms with E-state index in [2.05, 4.69) is 37.5 Å². The molecule has 2 heterocycles. The van der Waals surface area contributed by atoms with Gasteiger partial charge in [-0.25, -0.2) is 4.98 Å². The summed E-state index contributed by atoms with van der Waals surface area (Å²) >= 11 is 0. The first-order chi connectivity index (χ1) is 15.2. The van der Waals surface area contributed by atoms with Crippen LogP contribution < -0.4 is 16.4 Å². The Bertz CT molecular complexity index is 1160. The zero-order valence-electron chi connectivity index (χ0n) is 18.9.